The van der Waals surface area contributed by atoms with Crippen molar-refractivity contribution in [2.75, 3.05) is 0 Å². The number of aliphatic imine (C=N–C) groups is 1. The molecule has 0 radical (unpaired) electrons. The van der Waals surface area contributed by atoms with Gasteiger partial charge in [0.05, 0.1) is 6.04 Å². The van der Waals surface area contributed by atoms with Crippen LogP contribution in [0.15, 0.2) is 16.3 Å². The minimum Gasteiger partial charge on any atom is -0.511 e. The molecule has 1 N–H and O–H groups in total. The Morgan fingerprint density at radius 3 is 2.41 bits per heavy atom. The normalized spacial score (nSPS) is 37.9. The second kappa shape index (κ2) is 7.46. The Morgan fingerprint density at radius 2 is 1.59 bits per heavy atom. The number of hydrogen-bond acceptors (Lipinski definition) is 4. The molecule has 2 aliphatic heterocycles. The van der Waals surface area contributed by atoms with E-state index in [4.69, 9.17) is 4.99 Å². The van der Waals surface area contributed by atoms with Crippen LogP contribution in [0.4, 0.5) is 0 Å². The van der Waals surface area contributed by atoms with Crippen molar-refractivity contribution in [3.8, 4) is 0 Å². The van der Waals surface area contributed by atoms with Crippen LogP contribution >= 0.6 is 11.8 Å². The standard InChI is InChI=1S/C22H32N2O2S/c25-20-15-10-4-6-12-17(15)24(14-8-2-1-3-9-14)22(26)19(20)21-23-16-11-5-7-13-18(16)27-21/h14-18,25H,1-13H2. The lowest BCUT2D eigenvalue weighted by Crippen LogP contribution is -2.56. The number of carbonyl (C=O) groups excluding carboxylic acids is 1. The summed E-state index contributed by atoms with van der Waals surface area (Å²) in [7, 11) is 0. The van der Waals surface area contributed by atoms with Crippen molar-refractivity contribution in [2.45, 2.75) is 107 Å². The molecule has 4 nitrogen and oxygen atoms in total. The van der Waals surface area contributed by atoms with E-state index >= 15 is 0 Å². The minimum absolute atomic E-state index is 0.0902. The SMILES string of the molecule is O=C1C(C2=NC3CCCCC3S2)=C(O)C2CCCCC2N1C1CCCCC1. The summed E-state index contributed by atoms with van der Waals surface area (Å²) < 4.78 is 0. The molecular formula is C22H32N2O2S. The molecule has 4 unspecified atom stereocenters. The number of hydrogen-bond donors (Lipinski definition) is 1. The Morgan fingerprint density at radius 1 is 0.889 bits per heavy atom. The molecule has 0 saturated heterocycles. The predicted octanol–water partition coefficient (Wildman–Crippen LogP) is 4.99. The van der Waals surface area contributed by atoms with E-state index in [0.717, 1.165) is 43.6 Å². The number of thioether (sulfide) groups is 1. The average molecular weight is 389 g/mol. The van der Waals surface area contributed by atoms with Gasteiger partial charge in [0.1, 0.15) is 16.4 Å². The van der Waals surface area contributed by atoms with E-state index < -0.39 is 0 Å². The van der Waals surface area contributed by atoms with Crippen LogP contribution < -0.4 is 0 Å². The second-order valence-electron chi connectivity index (χ2n) is 9.17. The van der Waals surface area contributed by atoms with Crippen LogP contribution in [0.25, 0.3) is 0 Å². The summed E-state index contributed by atoms with van der Waals surface area (Å²) in [5.41, 5.74) is 0.586. The molecule has 0 bridgehead atoms. The van der Waals surface area contributed by atoms with Crippen LogP contribution in [0, 0.1) is 5.92 Å². The maximum Gasteiger partial charge on any atom is 0.260 e. The van der Waals surface area contributed by atoms with Gasteiger partial charge in [-0.3, -0.25) is 9.79 Å². The number of fused-ring (bicyclic) bond motifs is 2. The third kappa shape index (κ3) is 3.14. The Bertz CT molecular complexity index is 667. The fourth-order valence-corrected chi connectivity index (χ4v) is 7.58. The quantitative estimate of drug-likeness (QED) is 0.725. The fraction of sp³-hybridized carbons (Fsp3) is 0.818. The molecule has 0 aromatic rings. The number of carbonyl (C=O) groups is 1. The molecule has 5 heteroatoms. The van der Waals surface area contributed by atoms with Crippen LogP contribution in [0.1, 0.15) is 83.5 Å². The first-order valence-electron chi connectivity index (χ1n) is 11.2. The fourth-order valence-electron chi connectivity index (χ4n) is 6.15. The van der Waals surface area contributed by atoms with Crippen LogP contribution in [0.5, 0.6) is 0 Å². The molecule has 0 aromatic carbocycles. The summed E-state index contributed by atoms with van der Waals surface area (Å²) in [4.78, 5) is 20.9. The zero-order valence-electron chi connectivity index (χ0n) is 16.2. The van der Waals surface area contributed by atoms with Crippen molar-refractivity contribution in [3.05, 3.63) is 11.3 Å². The highest BCUT2D eigenvalue weighted by Crippen LogP contribution is 2.45. The van der Waals surface area contributed by atoms with Crippen LogP contribution in [0.2, 0.25) is 0 Å². The lowest BCUT2D eigenvalue weighted by Gasteiger charge is -2.48. The van der Waals surface area contributed by atoms with Gasteiger partial charge in [0.2, 0.25) is 0 Å². The highest BCUT2D eigenvalue weighted by molar-refractivity contribution is 8.15. The predicted molar refractivity (Wildman–Crippen MR) is 110 cm³/mol. The summed E-state index contributed by atoms with van der Waals surface area (Å²) in [6.07, 6.45) is 15.3. The van der Waals surface area contributed by atoms with Crippen molar-refractivity contribution in [1.29, 1.82) is 0 Å². The minimum atomic E-state index is 0.0902. The first kappa shape index (κ1) is 18.1. The van der Waals surface area contributed by atoms with E-state index in [0.29, 0.717) is 28.7 Å². The van der Waals surface area contributed by atoms with Crippen molar-refractivity contribution in [3.63, 3.8) is 0 Å². The molecule has 0 spiro atoms. The average Bonchev–Trinajstić information content (AvgIpc) is 3.12. The van der Waals surface area contributed by atoms with Gasteiger partial charge in [-0.2, -0.15) is 0 Å². The van der Waals surface area contributed by atoms with E-state index in [1.165, 1.54) is 44.9 Å². The number of aliphatic hydroxyl groups is 1. The van der Waals surface area contributed by atoms with Crippen molar-refractivity contribution >= 4 is 22.7 Å². The summed E-state index contributed by atoms with van der Waals surface area (Å²) in [6.45, 7) is 0. The van der Waals surface area contributed by atoms with Gasteiger partial charge >= 0.3 is 0 Å². The maximum absolute atomic E-state index is 13.7. The maximum atomic E-state index is 13.7. The van der Waals surface area contributed by atoms with Crippen LogP contribution in [0.3, 0.4) is 0 Å². The molecule has 4 atom stereocenters. The molecule has 27 heavy (non-hydrogen) atoms. The third-order valence-electron chi connectivity index (χ3n) is 7.54. The van der Waals surface area contributed by atoms with Gasteiger partial charge < -0.3 is 10.0 Å². The number of amides is 1. The van der Waals surface area contributed by atoms with Crippen molar-refractivity contribution in [2.24, 2.45) is 10.9 Å². The monoisotopic (exact) mass is 388 g/mol. The Hall–Kier alpha value is -0.970. The smallest absolute Gasteiger partial charge is 0.260 e. The number of rotatable bonds is 2. The molecule has 2 heterocycles. The highest BCUT2D eigenvalue weighted by atomic mass is 32.2. The summed E-state index contributed by atoms with van der Waals surface area (Å²) in [5, 5.41) is 12.6. The van der Waals surface area contributed by atoms with Gasteiger partial charge in [-0.15, -0.1) is 11.8 Å². The Labute approximate surface area is 166 Å². The molecule has 0 aromatic heterocycles. The van der Waals surface area contributed by atoms with E-state index in [1.807, 2.05) is 0 Å². The lowest BCUT2D eigenvalue weighted by atomic mass is 9.76. The van der Waals surface area contributed by atoms with Gasteiger partial charge in [-0.05, 0) is 38.5 Å². The molecule has 3 fully saturated rings. The summed E-state index contributed by atoms with van der Waals surface area (Å²) in [6, 6.07) is 0.945. The summed E-state index contributed by atoms with van der Waals surface area (Å²) >= 11 is 1.78. The van der Waals surface area contributed by atoms with E-state index in [2.05, 4.69) is 4.90 Å². The Kier molecular flexibility index (Phi) is 4.99. The first-order valence-corrected chi connectivity index (χ1v) is 12.1. The summed E-state index contributed by atoms with van der Waals surface area (Å²) in [5.74, 6) is 0.605. The van der Waals surface area contributed by atoms with Crippen LogP contribution in [-0.4, -0.2) is 44.3 Å². The zero-order chi connectivity index (χ0) is 18.4. The van der Waals surface area contributed by atoms with E-state index in [9.17, 15) is 9.90 Å². The Balaban J connectivity index is 1.50. The van der Waals surface area contributed by atoms with Crippen molar-refractivity contribution < 1.29 is 9.90 Å². The highest BCUT2D eigenvalue weighted by Gasteiger charge is 2.48. The van der Waals surface area contributed by atoms with Gasteiger partial charge in [0.25, 0.3) is 5.91 Å². The third-order valence-corrected chi connectivity index (χ3v) is 8.92. The molecule has 148 valence electrons. The zero-order valence-corrected chi connectivity index (χ0v) is 17.1. The number of aliphatic hydroxyl groups excluding tert-OH is 1. The van der Waals surface area contributed by atoms with Crippen molar-refractivity contribution in [1.82, 2.24) is 4.90 Å². The molecule has 5 rings (SSSR count). The largest absolute Gasteiger partial charge is 0.511 e. The molecule has 5 aliphatic rings. The molecule has 3 saturated carbocycles. The van der Waals surface area contributed by atoms with E-state index in [-0.39, 0.29) is 17.9 Å². The molecule has 3 aliphatic carbocycles. The van der Waals surface area contributed by atoms with E-state index in [1.54, 1.807) is 11.8 Å². The van der Waals surface area contributed by atoms with Gasteiger partial charge in [0, 0.05) is 23.3 Å². The second-order valence-corrected chi connectivity index (χ2v) is 10.4. The molecular weight excluding hydrogens is 356 g/mol. The first-order chi connectivity index (χ1) is 13.2. The number of nitrogens with zero attached hydrogens (tertiary/aromatic N) is 2. The van der Waals surface area contributed by atoms with Gasteiger partial charge in [-0.1, -0.05) is 44.9 Å². The van der Waals surface area contributed by atoms with Gasteiger partial charge in [-0.25, -0.2) is 0 Å². The topological polar surface area (TPSA) is 52.9 Å². The van der Waals surface area contributed by atoms with Gasteiger partial charge in [0.15, 0.2) is 0 Å². The van der Waals surface area contributed by atoms with Crippen LogP contribution in [-0.2, 0) is 4.79 Å². The lowest BCUT2D eigenvalue weighted by molar-refractivity contribution is -0.137. The molecule has 1 amide bonds.